The first-order valence-electron chi connectivity index (χ1n) is 5.78. The van der Waals surface area contributed by atoms with E-state index in [-0.39, 0.29) is 17.2 Å². The topological polar surface area (TPSA) is 86.6 Å². The van der Waals surface area contributed by atoms with Gasteiger partial charge in [0, 0.05) is 6.92 Å². The highest BCUT2D eigenvalue weighted by Gasteiger charge is 2.24. The molecule has 0 radical (unpaired) electrons. The van der Waals surface area contributed by atoms with Crippen molar-refractivity contribution >= 4 is 23.5 Å². The number of hydrogen-bond acceptors (Lipinski definition) is 5. The fourth-order valence-corrected chi connectivity index (χ4v) is 2.14. The molecule has 0 bridgehead atoms. The maximum absolute atomic E-state index is 12.3. The van der Waals surface area contributed by atoms with Gasteiger partial charge in [-0.25, -0.2) is 0 Å². The number of benzene rings is 1. The van der Waals surface area contributed by atoms with Crippen LogP contribution in [0.2, 0.25) is 0 Å². The van der Waals surface area contributed by atoms with Gasteiger partial charge in [-0.15, -0.1) is 0 Å². The third-order valence-corrected chi connectivity index (χ3v) is 3.23. The number of para-hydroxylation sites is 1. The molecule has 1 amide bonds. The molecule has 0 saturated carbocycles. The number of ketones is 1. The average Bonchev–Trinajstić information content (AvgIpc) is 2.36. The van der Waals surface area contributed by atoms with E-state index >= 15 is 0 Å². The summed E-state index contributed by atoms with van der Waals surface area (Å²) in [6.07, 6.45) is 2.37. The summed E-state index contributed by atoms with van der Waals surface area (Å²) in [5.74, 6) is -0.808. The van der Waals surface area contributed by atoms with Crippen molar-refractivity contribution in [3.05, 3.63) is 23.8 Å². The van der Waals surface area contributed by atoms with Crippen LogP contribution in [0, 0.1) is 0 Å². The van der Waals surface area contributed by atoms with Crippen LogP contribution in [0.3, 0.4) is 0 Å². The Labute approximate surface area is 116 Å². The zero-order valence-corrected chi connectivity index (χ0v) is 11.7. The van der Waals surface area contributed by atoms with Crippen molar-refractivity contribution in [1.29, 1.82) is 0 Å². The Balaban J connectivity index is 2.97. The number of Topliss-reactive ketones (excluding diaryl/α,β-unsaturated/α-hetero) is 1. The van der Waals surface area contributed by atoms with Crippen LogP contribution in [-0.4, -0.2) is 40.0 Å². The minimum absolute atomic E-state index is 0.0138. The smallest absolute Gasteiger partial charge is 0.217 e. The summed E-state index contributed by atoms with van der Waals surface area (Å²) in [4.78, 5) is 23.4. The molecule has 19 heavy (non-hydrogen) atoms. The second-order valence-electron chi connectivity index (χ2n) is 4.07. The highest BCUT2D eigenvalue weighted by Crippen LogP contribution is 2.29. The fourth-order valence-electron chi connectivity index (χ4n) is 1.67. The van der Waals surface area contributed by atoms with Crippen molar-refractivity contribution in [2.45, 2.75) is 19.4 Å². The second kappa shape index (κ2) is 7.04. The monoisotopic (exact) mass is 283 g/mol. The summed E-state index contributed by atoms with van der Waals surface area (Å²) >= 11 is 1.56. The minimum Gasteiger partial charge on any atom is -0.504 e. The van der Waals surface area contributed by atoms with E-state index in [1.54, 1.807) is 11.8 Å². The number of carbonyl (C=O) groups excluding carboxylic acids is 2. The lowest BCUT2D eigenvalue weighted by atomic mass is 10.0. The molecule has 1 aromatic rings. The van der Waals surface area contributed by atoms with E-state index < -0.39 is 17.6 Å². The molecule has 1 rings (SSSR count). The van der Waals surface area contributed by atoms with E-state index in [1.807, 2.05) is 6.26 Å². The van der Waals surface area contributed by atoms with Gasteiger partial charge in [0.1, 0.15) is 0 Å². The van der Waals surface area contributed by atoms with Crippen LogP contribution in [0.4, 0.5) is 0 Å². The van der Waals surface area contributed by atoms with Gasteiger partial charge in [-0.3, -0.25) is 9.59 Å². The number of carbonyl (C=O) groups is 2. The van der Waals surface area contributed by atoms with Crippen LogP contribution in [0.25, 0.3) is 0 Å². The number of rotatable bonds is 6. The predicted octanol–water partition coefficient (Wildman–Crippen LogP) is 1.54. The zero-order valence-electron chi connectivity index (χ0n) is 10.8. The summed E-state index contributed by atoms with van der Waals surface area (Å²) < 4.78 is 0. The lowest BCUT2D eigenvalue weighted by molar-refractivity contribution is -0.119. The Morgan fingerprint density at radius 2 is 2.05 bits per heavy atom. The molecule has 0 aliphatic carbocycles. The number of amides is 1. The number of hydrogen-bond donors (Lipinski definition) is 3. The molecule has 6 heteroatoms. The van der Waals surface area contributed by atoms with Crippen molar-refractivity contribution in [2.75, 3.05) is 12.0 Å². The van der Waals surface area contributed by atoms with Crippen molar-refractivity contribution in [3.63, 3.8) is 0 Å². The Morgan fingerprint density at radius 1 is 1.37 bits per heavy atom. The van der Waals surface area contributed by atoms with E-state index in [4.69, 9.17) is 0 Å². The van der Waals surface area contributed by atoms with Crippen LogP contribution in [0.15, 0.2) is 18.2 Å². The summed E-state index contributed by atoms with van der Waals surface area (Å²) in [5, 5.41) is 21.6. The largest absolute Gasteiger partial charge is 0.504 e. The summed E-state index contributed by atoms with van der Waals surface area (Å²) in [6.45, 7) is 1.34. The molecular formula is C13H17NO4S. The molecule has 0 saturated heterocycles. The maximum atomic E-state index is 12.3. The standard InChI is InChI=1S/C13H17NO4S/c1-8(15)14-10(6-7-19-2)12(17)9-4-3-5-11(16)13(9)18/h3-5,10,16,18H,6-7H2,1-2H3,(H,14,15). The second-order valence-corrected chi connectivity index (χ2v) is 5.06. The van der Waals surface area contributed by atoms with Crippen molar-refractivity contribution < 1.29 is 19.8 Å². The van der Waals surface area contributed by atoms with Crippen molar-refractivity contribution in [2.24, 2.45) is 0 Å². The molecule has 0 heterocycles. The van der Waals surface area contributed by atoms with Crippen LogP contribution < -0.4 is 5.32 Å². The predicted molar refractivity (Wildman–Crippen MR) is 74.7 cm³/mol. The molecule has 104 valence electrons. The van der Waals surface area contributed by atoms with Gasteiger partial charge >= 0.3 is 0 Å². The number of phenolic OH excluding ortho intramolecular Hbond substituents is 2. The van der Waals surface area contributed by atoms with Gasteiger partial charge < -0.3 is 15.5 Å². The molecule has 0 fully saturated rings. The van der Waals surface area contributed by atoms with Crippen molar-refractivity contribution in [1.82, 2.24) is 5.32 Å². The molecule has 5 nitrogen and oxygen atoms in total. The maximum Gasteiger partial charge on any atom is 0.217 e. The van der Waals surface area contributed by atoms with Crippen LogP contribution in [-0.2, 0) is 4.79 Å². The number of phenols is 2. The van der Waals surface area contributed by atoms with Crippen LogP contribution in [0.1, 0.15) is 23.7 Å². The third-order valence-electron chi connectivity index (χ3n) is 2.58. The van der Waals surface area contributed by atoms with E-state index in [0.29, 0.717) is 12.2 Å². The molecule has 0 aromatic heterocycles. The van der Waals surface area contributed by atoms with Gasteiger partial charge in [0.2, 0.25) is 5.91 Å². The summed E-state index contributed by atoms with van der Waals surface area (Å²) in [7, 11) is 0. The Kier molecular flexibility index (Phi) is 5.69. The molecular weight excluding hydrogens is 266 g/mol. The van der Waals surface area contributed by atoms with Gasteiger partial charge in [0.15, 0.2) is 17.3 Å². The van der Waals surface area contributed by atoms with Crippen LogP contribution in [0.5, 0.6) is 11.5 Å². The van der Waals surface area contributed by atoms with Crippen molar-refractivity contribution in [3.8, 4) is 11.5 Å². The first kappa shape index (κ1) is 15.4. The summed E-state index contributed by atoms with van der Waals surface area (Å²) in [5.41, 5.74) is 0.0138. The highest BCUT2D eigenvalue weighted by molar-refractivity contribution is 7.98. The Morgan fingerprint density at radius 3 is 2.63 bits per heavy atom. The van der Waals surface area contributed by atoms with Crippen LogP contribution >= 0.6 is 11.8 Å². The Bertz CT molecular complexity index is 476. The van der Waals surface area contributed by atoms with E-state index in [0.717, 1.165) is 0 Å². The SMILES string of the molecule is CSCCC(NC(C)=O)C(=O)c1cccc(O)c1O. The zero-order chi connectivity index (χ0) is 14.4. The first-order valence-corrected chi connectivity index (χ1v) is 7.18. The Hall–Kier alpha value is -1.69. The molecule has 1 unspecified atom stereocenters. The van der Waals surface area contributed by atoms with E-state index in [9.17, 15) is 19.8 Å². The van der Waals surface area contributed by atoms with E-state index in [1.165, 1.54) is 25.1 Å². The van der Waals surface area contributed by atoms with Gasteiger partial charge in [0.25, 0.3) is 0 Å². The fraction of sp³-hybridized carbons (Fsp3) is 0.385. The average molecular weight is 283 g/mol. The molecule has 0 aliphatic rings. The normalized spacial score (nSPS) is 11.9. The van der Waals surface area contributed by atoms with E-state index in [2.05, 4.69) is 5.32 Å². The highest BCUT2D eigenvalue weighted by atomic mass is 32.2. The third kappa shape index (κ3) is 4.17. The van der Waals surface area contributed by atoms with Gasteiger partial charge in [0.05, 0.1) is 11.6 Å². The number of nitrogens with one attached hydrogen (secondary N) is 1. The quantitative estimate of drug-likeness (QED) is 0.544. The number of aromatic hydroxyl groups is 2. The lowest BCUT2D eigenvalue weighted by Crippen LogP contribution is -2.40. The molecule has 1 atom stereocenters. The molecule has 0 aliphatic heterocycles. The van der Waals surface area contributed by atoms with Gasteiger partial charge in [-0.2, -0.15) is 11.8 Å². The summed E-state index contributed by atoms with van der Waals surface area (Å²) in [6, 6.07) is 3.49. The molecule has 3 N–H and O–H groups in total. The van der Waals surface area contributed by atoms with Gasteiger partial charge in [-0.1, -0.05) is 6.07 Å². The molecule has 0 spiro atoms. The molecule has 1 aromatic carbocycles. The number of thioether (sulfide) groups is 1. The minimum atomic E-state index is -0.697. The first-order chi connectivity index (χ1) is 8.97. The lowest BCUT2D eigenvalue weighted by Gasteiger charge is -2.17. The van der Waals surface area contributed by atoms with Gasteiger partial charge in [-0.05, 0) is 30.6 Å².